The van der Waals surface area contributed by atoms with Crippen molar-refractivity contribution in [3.8, 4) is 0 Å². The molecule has 120 valence electrons. The summed E-state index contributed by atoms with van der Waals surface area (Å²) >= 11 is 0. The molecular formula is C18H32N2O. The number of nitrogens with one attached hydrogen (secondary N) is 1. The van der Waals surface area contributed by atoms with E-state index in [1.165, 1.54) is 44.3 Å². The molecule has 0 atom stereocenters. The van der Waals surface area contributed by atoms with Crippen LogP contribution in [0, 0.1) is 5.92 Å². The van der Waals surface area contributed by atoms with Gasteiger partial charge >= 0.3 is 0 Å². The highest BCUT2D eigenvalue weighted by molar-refractivity contribution is 5.13. The fraction of sp³-hybridized carbons (Fsp3) is 0.778. The van der Waals surface area contributed by atoms with Crippen LogP contribution in [0.4, 0.5) is 0 Å². The normalized spacial score (nSPS) is 18.3. The van der Waals surface area contributed by atoms with Crippen LogP contribution in [0.2, 0.25) is 0 Å². The Labute approximate surface area is 130 Å². The van der Waals surface area contributed by atoms with Crippen LogP contribution >= 0.6 is 0 Å². The van der Waals surface area contributed by atoms with Gasteiger partial charge in [-0.3, -0.25) is 4.90 Å². The summed E-state index contributed by atoms with van der Waals surface area (Å²) in [7, 11) is 0. The summed E-state index contributed by atoms with van der Waals surface area (Å²) in [6.07, 6.45) is 7.34. The first-order chi connectivity index (χ1) is 9.96. The highest BCUT2D eigenvalue weighted by atomic mass is 16.3. The molecule has 0 saturated carbocycles. The first-order valence-corrected chi connectivity index (χ1v) is 8.50. The molecule has 1 N–H and O–H groups in total. The SMILES string of the molecule is CCCC1CCN(Cc2cc(CNC(C)(C)C)co2)CC1. The fourth-order valence-corrected chi connectivity index (χ4v) is 3.03. The topological polar surface area (TPSA) is 28.4 Å². The minimum absolute atomic E-state index is 0.151. The largest absolute Gasteiger partial charge is 0.468 e. The van der Waals surface area contributed by atoms with Crippen LogP contribution in [0.5, 0.6) is 0 Å². The third-order valence-corrected chi connectivity index (χ3v) is 4.31. The Kier molecular flexibility index (Phi) is 5.88. The Morgan fingerprint density at radius 2 is 2.00 bits per heavy atom. The Morgan fingerprint density at radius 1 is 1.29 bits per heavy atom. The molecule has 1 aliphatic heterocycles. The van der Waals surface area contributed by atoms with Gasteiger partial charge in [0, 0.05) is 17.6 Å². The maximum absolute atomic E-state index is 5.73. The van der Waals surface area contributed by atoms with Crippen LogP contribution < -0.4 is 5.32 Å². The fourth-order valence-electron chi connectivity index (χ4n) is 3.03. The van der Waals surface area contributed by atoms with E-state index in [0.717, 1.165) is 24.8 Å². The van der Waals surface area contributed by atoms with Crippen molar-refractivity contribution in [3.63, 3.8) is 0 Å². The molecule has 2 heterocycles. The van der Waals surface area contributed by atoms with Crippen LogP contribution in [0.1, 0.15) is 64.7 Å². The minimum atomic E-state index is 0.151. The molecule has 1 aromatic rings. The van der Waals surface area contributed by atoms with Gasteiger partial charge in [0.15, 0.2) is 0 Å². The standard InChI is InChI=1S/C18H32N2O/c1-5-6-15-7-9-20(10-8-15)13-17-11-16(14-21-17)12-19-18(2,3)4/h11,14-15,19H,5-10,12-13H2,1-4H3. The van der Waals surface area contributed by atoms with Gasteiger partial charge in [-0.2, -0.15) is 0 Å². The Morgan fingerprint density at radius 3 is 2.62 bits per heavy atom. The van der Waals surface area contributed by atoms with E-state index >= 15 is 0 Å². The first kappa shape index (κ1) is 16.6. The average Bonchev–Trinajstić information content (AvgIpc) is 2.86. The molecule has 0 amide bonds. The second kappa shape index (κ2) is 7.46. The third-order valence-electron chi connectivity index (χ3n) is 4.31. The van der Waals surface area contributed by atoms with Crippen molar-refractivity contribution in [1.82, 2.24) is 10.2 Å². The van der Waals surface area contributed by atoms with Crippen molar-refractivity contribution in [2.24, 2.45) is 5.92 Å². The minimum Gasteiger partial charge on any atom is -0.468 e. The lowest BCUT2D eigenvalue weighted by Crippen LogP contribution is -2.35. The molecule has 1 aliphatic rings. The molecule has 2 rings (SSSR count). The second-order valence-corrected chi connectivity index (χ2v) is 7.53. The van der Waals surface area contributed by atoms with Crippen LogP contribution in [0.15, 0.2) is 16.7 Å². The van der Waals surface area contributed by atoms with Crippen molar-refractivity contribution in [3.05, 3.63) is 23.7 Å². The third kappa shape index (κ3) is 5.84. The van der Waals surface area contributed by atoms with Crippen LogP contribution in [0.25, 0.3) is 0 Å². The predicted octanol–water partition coefficient (Wildman–Crippen LogP) is 4.18. The van der Waals surface area contributed by atoms with E-state index in [4.69, 9.17) is 4.42 Å². The number of furan rings is 1. The molecule has 0 bridgehead atoms. The maximum atomic E-state index is 5.73. The van der Waals surface area contributed by atoms with Crippen LogP contribution in [-0.2, 0) is 13.1 Å². The summed E-state index contributed by atoms with van der Waals surface area (Å²) < 4.78 is 5.73. The monoisotopic (exact) mass is 292 g/mol. The molecule has 0 aromatic carbocycles. The van der Waals surface area contributed by atoms with E-state index in [9.17, 15) is 0 Å². The van der Waals surface area contributed by atoms with E-state index in [-0.39, 0.29) is 5.54 Å². The van der Waals surface area contributed by atoms with Gasteiger partial charge in [-0.1, -0.05) is 19.8 Å². The lowest BCUT2D eigenvalue weighted by Gasteiger charge is -2.31. The van der Waals surface area contributed by atoms with E-state index in [2.05, 4.69) is 44.0 Å². The van der Waals surface area contributed by atoms with Crippen molar-refractivity contribution >= 4 is 0 Å². The quantitative estimate of drug-likeness (QED) is 0.852. The lowest BCUT2D eigenvalue weighted by atomic mass is 9.92. The van der Waals surface area contributed by atoms with Gasteiger partial charge < -0.3 is 9.73 Å². The number of hydrogen-bond donors (Lipinski definition) is 1. The summed E-state index contributed by atoms with van der Waals surface area (Å²) in [5.74, 6) is 2.06. The van der Waals surface area contributed by atoms with Crippen molar-refractivity contribution < 1.29 is 4.42 Å². The first-order valence-electron chi connectivity index (χ1n) is 8.50. The van der Waals surface area contributed by atoms with Crippen molar-refractivity contribution in [2.75, 3.05) is 13.1 Å². The number of rotatable bonds is 6. The highest BCUT2D eigenvalue weighted by Crippen LogP contribution is 2.23. The van der Waals surface area contributed by atoms with Gasteiger partial charge in [0.1, 0.15) is 5.76 Å². The molecule has 0 aliphatic carbocycles. The van der Waals surface area contributed by atoms with Gasteiger partial charge in [-0.05, 0) is 58.7 Å². The molecule has 0 radical (unpaired) electrons. The van der Waals surface area contributed by atoms with Gasteiger partial charge in [0.25, 0.3) is 0 Å². The van der Waals surface area contributed by atoms with Gasteiger partial charge in [-0.25, -0.2) is 0 Å². The summed E-state index contributed by atoms with van der Waals surface area (Å²) in [6, 6.07) is 2.21. The number of piperidine rings is 1. The summed E-state index contributed by atoms with van der Waals surface area (Å²) in [4.78, 5) is 2.53. The van der Waals surface area contributed by atoms with E-state index in [0.29, 0.717) is 0 Å². The second-order valence-electron chi connectivity index (χ2n) is 7.53. The molecule has 1 aromatic heterocycles. The Bertz CT molecular complexity index is 411. The van der Waals surface area contributed by atoms with Gasteiger partial charge in [-0.15, -0.1) is 0 Å². The summed E-state index contributed by atoms with van der Waals surface area (Å²) in [5.41, 5.74) is 1.40. The van der Waals surface area contributed by atoms with Crippen molar-refractivity contribution in [1.29, 1.82) is 0 Å². The zero-order valence-corrected chi connectivity index (χ0v) is 14.2. The summed E-state index contributed by atoms with van der Waals surface area (Å²) in [5, 5.41) is 3.50. The average molecular weight is 292 g/mol. The smallest absolute Gasteiger partial charge is 0.118 e. The molecular weight excluding hydrogens is 260 g/mol. The highest BCUT2D eigenvalue weighted by Gasteiger charge is 2.19. The predicted molar refractivity (Wildman–Crippen MR) is 88.2 cm³/mol. The van der Waals surface area contributed by atoms with Gasteiger partial charge in [0.2, 0.25) is 0 Å². The van der Waals surface area contributed by atoms with Gasteiger partial charge in [0.05, 0.1) is 12.8 Å². The number of nitrogens with zero attached hydrogens (tertiary/aromatic N) is 1. The molecule has 3 heteroatoms. The van der Waals surface area contributed by atoms with Crippen LogP contribution in [0.3, 0.4) is 0 Å². The molecule has 1 fully saturated rings. The number of likely N-dealkylation sites (tertiary alicyclic amines) is 1. The Balaban J connectivity index is 1.75. The summed E-state index contributed by atoms with van der Waals surface area (Å²) in [6.45, 7) is 13.2. The number of hydrogen-bond acceptors (Lipinski definition) is 3. The lowest BCUT2D eigenvalue weighted by molar-refractivity contribution is 0.161. The molecule has 0 spiro atoms. The molecule has 1 saturated heterocycles. The van der Waals surface area contributed by atoms with Crippen LogP contribution in [-0.4, -0.2) is 23.5 Å². The molecule has 0 unspecified atom stereocenters. The molecule has 3 nitrogen and oxygen atoms in total. The zero-order valence-electron chi connectivity index (χ0n) is 14.2. The zero-order chi connectivity index (χ0) is 15.3. The van der Waals surface area contributed by atoms with E-state index in [1.807, 2.05) is 6.26 Å². The van der Waals surface area contributed by atoms with E-state index in [1.54, 1.807) is 0 Å². The maximum Gasteiger partial charge on any atom is 0.118 e. The van der Waals surface area contributed by atoms with Crippen molar-refractivity contribution in [2.45, 2.75) is 72.0 Å². The molecule has 21 heavy (non-hydrogen) atoms. The van der Waals surface area contributed by atoms with E-state index < -0.39 is 0 Å². The Hall–Kier alpha value is -0.800.